The van der Waals surface area contributed by atoms with E-state index in [1.54, 1.807) is 7.11 Å². The molecule has 0 saturated heterocycles. The summed E-state index contributed by atoms with van der Waals surface area (Å²) in [7, 11) is 1.55. The third-order valence-electron chi connectivity index (χ3n) is 4.59. The molecule has 0 fully saturated rings. The van der Waals surface area contributed by atoms with Gasteiger partial charge in [-0.25, -0.2) is 4.79 Å². The monoisotopic (exact) mass is 340 g/mol. The minimum atomic E-state index is -1.01. The number of carboxylic acids is 1. The third kappa shape index (κ3) is 3.45. The molecule has 1 aromatic rings. The summed E-state index contributed by atoms with van der Waals surface area (Å²) in [6.45, 7) is 6.69. The number of methoxy groups -OCH3 is 1. The summed E-state index contributed by atoms with van der Waals surface area (Å²) >= 11 is 0. The molecule has 0 radical (unpaired) electrons. The van der Waals surface area contributed by atoms with Gasteiger partial charge in [0, 0.05) is 19.4 Å². The van der Waals surface area contributed by atoms with Gasteiger partial charge in [-0.3, -0.25) is 0 Å². The van der Waals surface area contributed by atoms with Gasteiger partial charge in [0.15, 0.2) is 0 Å². The molecule has 1 atom stereocenters. The summed E-state index contributed by atoms with van der Waals surface area (Å²) in [6.07, 6.45) is 0.838. The van der Waals surface area contributed by atoms with Crippen LogP contribution in [0.15, 0.2) is 46.8 Å². The average molecular weight is 340 g/mol. The minimum Gasteiger partial charge on any atom is -0.478 e. The minimum absolute atomic E-state index is 0.195. The molecule has 25 heavy (non-hydrogen) atoms. The second kappa shape index (κ2) is 8.00. The maximum absolute atomic E-state index is 12.2. The molecule has 5 nitrogen and oxygen atoms in total. The lowest BCUT2D eigenvalue weighted by Gasteiger charge is -2.37. The SMILES string of the molecule is CCCN1C(C)=C(C#N)C(c2ccccc2C)C(C(=O)O)=C1COC. The number of carboxylic acid groups (broad SMARTS) is 1. The van der Waals surface area contributed by atoms with Gasteiger partial charge >= 0.3 is 5.97 Å². The van der Waals surface area contributed by atoms with Gasteiger partial charge in [0.1, 0.15) is 0 Å². The maximum atomic E-state index is 12.2. The molecule has 1 unspecified atom stereocenters. The van der Waals surface area contributed by atoms with Crippen molar-refractivity contribution >= 4 is 5.97 Å². The molecule has 132 valence electrons. The van der Waals surface area contributed by atoms with Crippen molar-refractivity contribution in [3.05, 3.63) is 57.9 Å². The second-order valence-electron chi connectivity index (χ2n) is 6.15. The molecule has 1 aliphatic heterocycles. The number of nitriles is 1. The van der Waals surface area contributed by atoms with E-state index in [1.165, 1.54) is 0 Å². The molecular weight excluding hydrogens is 316 g/mol. The van der Waals surface area contributed by atoms with Crippen molar-refractivity contribution in [3.63, 3.8) is 0 Å². The van der Waals surface area contributed by atoms with Crippen molar-refractivity contribution in [2.24, 2.45) is 0 Å². The van der Waals surface area contributed by atoms with Crippen LogP contribution in [0.3, 0.4) is 0 Å². The smallest absolute Gasteiger partial charge is 0.334 e. The Hall–Kier alpha value is -2.58. The first-order chi connectivity index (χ1) is 12.0. The summed E-state index contributed by atoms with van der Waals surface area (Å²) in [4.78, 5) is 14.1. The molecule has 1 N–H and O–H groups in total. The number of allylic oxidation sites excluding steroid dienone is 2. The van der Waals surface area contributed by atoms with Crippen molar-refractivity contribution in [1.29, 1.82) is 5.26 Å². The highest BCUT2D eigenvalue weighted by atomic mass is 16.5. The van der Waals surface area contributed by atoms with Crippen LogP contribution in [0.4, 0.5) is 0 Å². The van der Waals surface area contributed by atoms with E-state index < -0.39 is 11.9 Å². The zero-order valence-corrected chi connectivity index (χ0v) is 15.2. The first-order valence-corrected chi connectivity index (χ1v) is 8.37. The van der Waals surface area contributed by atoms with E-state index in [-0.39, 0.29) is 12.2 Å². The van der Waals surface area contributed by atoms with Crippen LogP contribution in [0, 0.1) is 18.3 Å². The van der Waals surface area contributed by atoms with Crippen LogP contribution in [0.5, 0.6) is 0 Å². The Balaban J connectivity index is 2.79. The van der Waals surface area contributed by atoms with E-state index >= 15 is 0 Å². The van der Waals surface area contributed by atoms with Gasteiger partial charge in [-0.2, -0.15) is 5.26 Å². The number of rotatable bonds is 6. The van der Waals surface area contributed by atoms with Crippen molar-refractivity contribution < 1.29 is 14.6 Å². The zero-order valence-electron chi connectivity index (χ0n) is 15.2. The van der Waals surface area contributed by atoms with Gasteiger partial charge in [-0.15, -0.1) is 0 Å². The molecule has 0 spiro atoms. The predicted octanol–water partition coefficient (Wildman–Crippen LogP) is 3.59. The summed E-state index contributed by atoms with van der Waals surface area (Å²) in [5.41, 5.74) is 3.95. The number of aryl methyl sites for hydroxylation is 1. The number of aliphatic carboxylic acids is 1. The molecule has 0 aromatic heterocycles. The fraction of sp³-hybridized carbons (Fsp3) is 0.400. The van der Waals surface area contributed by atoms with E-state index in [0.29, 0.717) is 17.8 Å². The van der Waals surface area contributed by atoms with Crippen molar-refractivity contribution in [3.8, 4) is 6.07 Å². The Labute approximate surface area is 148 Å². The van der Waals surface area contributed by atoms with Crippen LogP contribution in [0.1, 0.15) is 37.3 Å². The van der Waals surface area contributed by atoms with Crippen molar-refractivity contribution in [1.82, 2.24) is 4.90 Å². The molecule has 2 rings (SSSR count). The van der Waals surface area contributed by atoms with Crippen LogP contribution < -0.4 is 0 Å². The Kier molecular flexibility index (Phi) is 6.00. The number of nitrogens with zero attached hydrogens (tertiary/aromatic N) is 2. The Morgan fingerprint density at radius 2 is 2.04 bits per heavy atom. The van der Waals surface area contributed by atoms with E-state index in [0.717, 1.165) is 23.2 Å². The lowest BCUT2D eigenvalue weighted by Crippen LogP contribution is -2.35. The molecule has 1 heterocycles. The van der Waals surface area contributed by atoms with Gasteiger partial charge in [-0.05, 0) is 31.4 Å². The van der Waals surface area contributed by atoms with Gasteiger partial charge in [-0.1, -0.05) is 31.2 Å². The van der Waals surface area contributed by atoms with Crippen molar-refractivity contribution in [2.75, 3.05) is 20.3 Å². The molecule has 0 bridgehead atoms. The fourth-order valence-electron chi connectivity index (χ4n) is 3.45. The largest absolute Gasteiger partial charge is 0.478 e. The van der Waals surface area contributed by atoms with Gasteiger partial charge < -0.3 is 14.7 Å². The number of hydrogen-bond donors (Lipinski definition) is 1. The van der Waals surface area contributed by atoms with Gasteiger partial charge in [0.2, 0.25) is 0 Å². The van der Waals surface area contributed by atoms with Gasteiger partial charge in [0.05, 0.1) is 35.4 Å². The highest BCUT2D eigenvalue weighted by molar-refractivity contribution is 5.91. The molecule has 5 heteroatoms. The van der Waals surface area contributed by atoms with Crippen LogP contribution in [-0.4, -0.2) is 36.2 Å². The molecule has 0 aliphatic carbocycles. The van der Waals surface area contributed by atoms with Gasteiger partial charge in [0.25, 0.3) is 0 Å². The summed E-state index contributed by atoms with van der Waals surface area (Å²) in [6, 6.07) is 9.89. The fourth-order valence-corrected chi connectivity index (χ4v) is 3.45. The molecular formula is C20H24N2O3. The standard InChI is InChI=1S/C20H24N2O3/c1-5-10-22-14(3)16(11-21)18(15-9-7-6-8-13(15)2)19(20(23)24)17(22)12-25-4/h6-9,18H,5,10,12H2,1-4H3,(H,23,24). The molecule has 0 amide bonds. The highest BCUT2D eigenvalue weighted by Crippen LogP contribution is 2.42. The maximum Gasteiger partial charge on any atom is 0.334 e. The molecule has 1 aromatic carbocycles. The number of hydrogen-bond acceptors (Lipinski definition) is 4. The van der Waals surface area contributed by atoms with Crippen LogP contribution in [0.2, 0.25) is 0 Å². The lowest BCUT2D eigenvalue weighted by molar-refractivity contribution is -0.133. The number of carbonyl (C=O) groups is 1. The van der Waals surface area contributed by atoms with E-state index in [9.17, 15) is 15.2 Å². The molecule has 1 aliphatic rings. The number of benzene rings is 1. The van der Waals surface area contributed by atoms with E-state index in [2.05, 4.69) is 6.07 Å². The summed E-state index contributed by atoms with van der Waals surface area (Å²) < 4.78 is 5.30. The molecule has 0 saturated carbocycles. The first-order valence-electron chi connectivity index (χ1n) is 8.37. The number of ether oxygens (including phenoxy) is 1. The van der Waals surface area contributed by atoms with Crippen molar-refractivity contribution in [2.45, 2.75) is 33.1 Å². The zero-order chi connectivity index (χ0) is 18.6. The Morgan fingerprint density at radius 1 is 1.36 bits per heavy atom. The lowest BCUT2D eigenvalue weighted by atomic mass is 9.78. The Morgan fingerprint density at radius 3 is 2.56 bits per heavy atom. The quantitative estimate of drug-likeness (QED) is 0.857. The van der Waals surface area contributed by atoms with Crippen LogP contribution in [-0.2, 0) is 9.53 Å². The third-order valence-corrected chi connectivity index (χ3v) is 4.59. The van der Waals surface area contributed by atoms with Crippen LogP contribution >= 0.6 is 0 Å². The normalized spacial score (nSPS) is 17.7. The summed E-state index contributed by atoms with van der Waals surface area (Å²) in [5.74, 6) is -1.59. The first kappa shape index (κ1) is 18.8. The topological polar surface area (TPSA) is 73.6 Å². The second-order valence-corrected chi connectivity index (χ2v) is 6.15. The van der Waals surface area contributed by atoms with Crippen LogP contribution in [0.25, 0.3) is 0 Å². The summed E-state index contributed by atoms with van der Waals surface area (Å²) in [5, 5.41) is 19.8. The van der Waals surface area contributed by atoms with E-state index in [1.807, 2.05) is 49.9 Å². The van der Waals surface area contributed by atoms with E-state index in [4.69, 9.17) is 4.74 Å². The Bertz CT molecular complexity index is 771. The average Bonchev–Trinajstić information content (AvgIpc) is 2.58. The predicted molar refractivity (Wildman–Crippen MR) is 95.8 cm³/mol. The highest BCUT2D eigenvalue weighted by Gasteiger charge is 2.38.